The van der Waals surface area contributed by atoms with Gasteiger partial charge in [-0.3, -0.25) is 15.0 Å². The SMILES string of the molecule is COC(=O)COc1ccccc1/C=C1/N=C(c2ccccc2)N(NC(=O)C2C=CC=C2)C1=O. The Hall–Kier alpha value is -4.46. The highest BCUT2D eigenvalue weighted by molar-refractivity contribution is 6.20. The maximum atomic E-state index is 13.2. The Morgan fingerprint density at radius 3 is 2.48 bits per heavy atom. The van der Waals surface area contributed by atoms with E-state index in [9.17, 15) is 14.4 Å². The minimum absolute atomic E-state index is 0.112. The number of esters is 1. The number of hydrogen-bond donors (Lipinski definition) is 1. The molecule has 0 radical (unpaired) electrons. The predicted molar refractivity (Wildman–Crippen MR) is 122 cm³/mol. The Morgan fingerprint density at radius 1 is 1.06 bits per heavy atom. The third-order valence-corrected chi connectivity index (χ3v) is 4.95. The van der Waals surface area contributed by atoms with Crippen molar-refractivity contribution in [1.82, 2.24) is 10.4 Å². The van der Waals surface area contributed by atoms with Gasteiger partial charge in [0.1, 0.15) is 11.4 Å². The number of hydrogen-bond acceptors (Lipinski definition) is 6. The number of amides is 2. The molecule has 8 nitrogen and oxygen atoms in total. The zero-order valence-corrected chi connectivity index (χ0v) is 17.8. The second-order valence-corrected chi connectivity index (χ2v) is 7.15. The van der Waals surface area contributed by atoms with Crippen molar-refractivity contribution in [3.8, 4) is 5.75 Å². The van der Waals surface area contributed by atoms with Gasteiger partial charge >= 0.3 is 5.97 Å². The molecule has 0 aromatic heterocycles. The van der Waals surface area contributed by atoms with Crippen molar-refractivity contribution in [3.05, 3.63) is 95.7 Å². The van der Waals surface area contributed by atoms with E-state index in [0.29, 0.717) is 22.7 Å². The number of aliphatic imine (C=N–C) groups is 1. The summed E-state index contributed by atoms with van der Waals surface area (Å²) in [6, 6.07) is 16.0. The van der Waals surface area contributed by atoms with E-state index in [-0.39, 0.29) is 18.2 Å². The van der Waals surface area contributed by atoms with E-state index in [1.165, 1.54) is 7.11 Å². The summed E-state index contributed by atoms with van der Waals surface area (Å²) in [6.07, 6.45) is 8.58. The first-order chi connectivity index (χ1) is 16.1. The van der Waals surface area contributed by atoms with E-state index in [0.717, 1.165) is 5.01 Å². The molecule has 0 fully saturated rings. The van der Waals surface area contributed by atoms with Gasteiger partial charge < -0.3 is 9.47 Å². The van der Waals surface area contributed by atoms with Crippen LogP contribution in [0.4, 0.5) is 0 Å². The molecule has 0 unspecified atom stereocenters. The molecule has 1 aliphatic carbocycles. The van der Waals surface area contributed by atoms with E-state index in [1.807, 2.05) is 18.2 Å². The maximum Gasteiger partial charge on any atom is 0.343 e. The van der Waals surface area contributed by atoms with Crippen LogP contribution in [-0.2, 0) is 19.1 Å². The van der Waals surface area contributed by atoms with E-state index in [4.69, 9.17) is 4.74 Å². The highest BCUT2D eigenvalue weighted by Gasteiger charge is 2.34. The quantitative estimate of drug-likeness (QED) is 0.524. The Morgan fingerprint density at radius 2 is 1.76 bits per heavy atom. The average Bonchev–Trinajstić information content (AvgIpc) is 3.49. The summed E-state index contributed by atoms with van der Waals surface area (Å²) in [7, 11) is 1.27. The topological polar surface area (TPSA) is 97.3 Å². The molecule has 0 bridgehead atoms. The van der Waals surface area contributed by atoms with Crippen molar-refractivity contribution >= 4 is 29.7 Å². The monoisotopic (exact) mass is 443 g/mol. The first-order valence-electron chi connectivity index (χ1n) is 10.2. The fourth-order valence-corrected chi connectivity index (χ4v) is 3.27. The number of rotatable bonds is 7. The van der Waals surface area contributed by atoms with Crippen LogP contribution in [0.2, 0.25) is 0 Å². The third-order valence-electron chi connectivity index (χ3n) is 4.95. The Bertz CT molecular complexity index is 1190. The van der Waals surface area contributed by atoms with Gasteiger partial charge in [0, 0.05) is 11.1 Å². The summed E-state index contributed by atoms with van der Waals surface area (Å²) >= 11 is 0. The summed E-state index contributed by atoms with van der Waals surface area (Å²) in [4.78, 5) is 41.9. The van der Waals surface area contributed by atoms with Crippen LogP contribution >= 0.6 is 0 Å². The van der Waals surface area contributed by atoms with Gasteiger partial charge in [-0.15, -0.1) is 0 Å². The van der Waals surface area contributed by atoms with Crippen LogP contribution in [-0.4, -0.2) is 42.3 Å². The number of ether oxygens (including phenoxy) is 2. The molecule has 2 amide bonds. The van der Waals surface area contributed by atoms with Crippen molar-refractivity contribution < 1.29 is 23.9 Å². The van der Waals surface area contributed by atoms with Gasteiger partial charge in [0.15, 0.2) is 12.4 Å². The van der Waals surface area contributed by atoms with Gasteiger partial charge in [-0.25, -0.2) is 9.79 Å². The minimum atomic E-state index is -0.525. The average molecular weight is 443 g/mol. The zero-order chi connectivity index (χ0) is 23.2. The van der Waals surface area contributed by atoms with Gasteiger partial charge in [-0.05, 0) is 12.1 Å². The lowest BCUT2D eigenvalue weighted by atomic mass is 10.1. The smallest absolute Gasteiger partial charge is 0.343 e. The van der Waals surface area contributed by atoms with Gasteiger partial charge in [0.05, 0.1) is 13.0 Å². The molecule has 33 heavy (non-hydrogen) atoms. The number of nitrogens with one attached hydrogen (secondary N) is 1. The van der Waals surface area contributed by atoms with Crippen LogP contribution in [0.15, 0.2) is 89.6 Å². The Kier molecular flexibility index (Phi) is 6.45. The summed E-state index contributed by atoms with van der Waals surface area (Å²) in [6.45, 7) is -0.270. The molecule has 166 valence electrons. The standard InChI is InChI=1S/C25H21N3O5/c1-32-22(29)16-33-21-14-8-7-13-19(21)15-20-25(31)28(27-24(30)18-11-5-6-12-18)23(26-20)17-9-3-2-4-10-17/h2-15,18H,16H2,1H3,(H,27,30)/b20-15+. The number of amidine groups is 1. The molecule has 0 spiro atoms. The zero-order valence-electron chi connectivity index (χ0n) is 17.8. The van der Waals surface area contributed by atoms with Crippen LogP contribution < -0.4 is 10.2 Å². The van der Waals surface area contributed by atoms with Crippen LogP contribution in [0.3, 0.4) is 0 Å². The fourth-order valence-electron chi connectivity index (χ4n) is 3.27. The van der Waals surface area contributed by atoms with Gasteiger partial charge in [0.2, 0.25) is 5.91 Å². The van der Waals surface area contributed by atoms with Crippen LogP contribution in [0, 0.1) is 5.92 Å². The maximum absolute atomic E-state index is 13.2. The van der Waals surface area contributed by atoms with Gasteiger partial charge in [-0.2, -0.15) is 5.01 Å². The molecule has 8 heteroatoms. The van der Waals surface area contributed by atoms with E-state index in [2.05, 4.69) is 15.2 Å². The lowest BCUT2D eigenvalue weighted by Crippen LogP contribution is -2.48. The van der Waals surface area contributed by atoms with Crippen molar-refractivity contribution in [2.24, 2.45) is 10.9 Å². The highest BCUT2D eigenvalue weighted by Crippen LogP contribution is 2.26. The number of methoxy groups -OCH3 is 1. The molecule has 1 heterocycles. The molecule has 2 aromatic rings. The van der Waals surface area contributed by atoms with Gasteiger partial charge in [-0.1, -0.05) is 72.8 Å². The number of nitrogens with zero attached hydrogens (tertiary/aromatic N) is 2. The second kappa shape index (κ2) is 9.78. The van der Waals surface area contributed by atoms with E-state index < -0.39 is 17.8 Å². The van der Waals surface area contributed by atoms with Crippen molar-refractivity contribution in [2.45, 2.75) is 0 Å². The molecule has 2 aliphatic rings. The summed E-state index contributed by atoms with van der Waals surface area (Å²) in [5.41, 5.74) is 4.01. The first-order valence-corrected chi connectivity index (χ1v) is 10.2. The van der Waals surface area contributed by atoms with Crippen LogP contribution in [0.25, 0.3) is 6.08 Å². The van der Waals surface area contributed by atoms with Crippen LogP contribution in [0.5, 0.6) is 5.75 Å². The number of allylic oxidation sites excluding steroid dienone is 2. The summed E-state index contributed by atoms with van der Waals surface area (Å²) in [5, 5.41) is 1.15. The van der Waals surface area contributed by atoms with E-state index >= 15 is 0 Å². The number of carbonyl (C=O) groups excluding carboxylic acids is 3. The molecule has 1 N–H and O–H groups in total. The minimum Gasteiger partial charge on any atom is -0.481 e. The predicted octanol–water partition coefficient (Wildman–Crippen LogP) is 2.64. The highest BCUT2D eigenvalue weighted by atomic mass is 16.6. The Labute approximate surface area is 190 Å². The number of benzene rings is 2. The number of carbonyl (C=O) groups is 3. The molecule has 1 aliphatic heterocycles. The normalized spacial score (nSPS) is 16.3. The lowest BCUT2D eigenvalue weighted by Gasteiger charge is -2.20. The molecule has 0 saturated carbocycles. The van der Waals surface area contributed by atoms with Crippen molar-refractivity contribution in [1.29, 1.82) is 0 Å². The van der Waals surface area contributed by atoms with Crippen molar-refractivity contribution in [3.63, 3.8) is 0 Å². The largest absolute Gasteiger partial charge is 0.481 e. The molecule has 4 rings (SSSR count). The number of hydrazine groups is 1. The van der Waals surface area contributed by atoms with Crippen LogP contribution in [0.1, 0.15) is 11.1 Å². The van der Waals surface area contributed by atoms with Crippen molar-refractivity contribution in [2.75, 3.05) is 13.7 Å². The summed E-state index contributed by atoms with van der Waals surface area (Å²) < 4.78 is 10.1. The molecule has 0 saturated heterocycles. The Balaban J connectivity index is 1.66. The molecule has 0 atom stereocenters. The molecular formula is C25H21N3O5. The lowest BCUT2D eigenvalue weighted by molar-refractivity contribution is -0.142. The third kappa shape index (κ3) is 4.90. The van der Waals surface area contributed by atoms with Gasteiger partial charge in [0.25, 0.3) is 5.91 Å². The first kappa shape index (κ1) is 21.8. The molecular weight excluding hydrogens is 422 g/mol. The fraction of sp³-hybridized carbons (Fsp3) is 0.120. The molecule has 2 aromatic carbocycles. The number of para-hydroxylation sites is 1. The van der Waals surface area contributed by atoms with E-state index in [1.54, 1.807) is 66.8 Å². The summed E-state index contributed by atoms with van der Waals surface area (Å²) in [5.74, 6) is -1.13. The second-order valence-electron chi connectivity index (χ2n) is 7.15.